The van der Waals surface area contributed by atoms with E-state index in [4.69, 9.17) is 28.9 Å². The molecular weight excluding hydrogens is 321 g/mol. The first-order valence-electron chi connectivity index (χ1n) is 6.82. The normalized spacial score (nSPS) is 19.1. The SMILES string of the molecule is NC(c1cc(Cl)c(Cl)cc1O)C1CCN(CC(F)F)CC1. The number of likely N-dealkylation sites (tertiary alicyclic amines) is 1. The summed E-state index contributed by atoms with van der Waals surface area (Å²) < 4.78 is 24.7. The van der Waals surface area contributed by atoms with Crippen LogP contribution in [0.25, 0.3) is 0 Å². The Morgan fingerprint density at radius 1 is 1.24 bits per heavy atom. The molecule has 1 aliphatic rings. The smallest absolute Gasteiger partial charge is 0.251 e. The van der Waals surface area contributed by atoms with E-state index in [2.05, 4.69) is 0 Å². The van der Waals surface area contributed by atoms with E-state index >= 15 is 0 Å². The molecule has 0 bridgehead atoms. The third-order valence-corrected chi connectivity index (χ3v) is 4.69. The maximum atomic E-state index is 12.3. The molecular formula is C14H18Cl2F2N2O. The number of halogens is 4. The zero-order chi connectivity index (χ0) is 15.6. The second-order valence-corrected chi connectivity index (χ2v) is 6.19. The highest BCUT2D eigenvalue weighted by molar-refractivity contribution is 6.42. The molecule has 0 amide bonds. The molecule has 2 rings (SSSR count). The van der Waals surface area contributed by atoms with Crippen LogP contribution in [0.1, 0.15) is 24.4 Å². The van der Waals surface area contributed by atoms with Crippen LogP contribution in [0.4, 0.5) is 8.78 Å². The molecule has 1 unspecified atom stereocenters. The van der Waals surface area contributed by atoms with Crippen molar-refractivity contribution in [3.8, 4) is 5.75 Å². The quantitative estimate of drug-likeness (QED) is 0.880. The van der Waals surface area contributed by atoms with Gasteiger partial charge in [-0.05, 0) is 37.9 Å². The van der Waals surface area contributed by atoms with E-state index in [1.807, 2.05) is 0 Å². The molecule has 0 radical (unpaired) electrons. The number of phenolic OH excluding ortho intramolecular Hbond substituents is 1. The van der Waals surface area contributed by atoms with Gasteiger partial charge < -0.3 is 10.8 Å². The standard InChI is InChI=1S/C14H18Cl2F2N2O/c15-10-5-9(12(21)6-11(10)16)14(19)8-1-3-20(4-2-8)7-13(17)18/h5-6,8,13-14,21H,1-4,7,19H2. The summed E-state index contributed by atoms with van der Waals surface area (Å²) in [7, 11) is 0. The highest BCUT2D eigenvalue weighted by Crippen LogP contribution is 2.37. The van der Waals surface area contributed by atoms with Gasteiger partial charge in [-0.2, -0.15) is 0 Å². The van der Waals surface area contributed by atoms with Gasteiger partial charge in [0.25, 0.3) is 6.43 Å². The molecule has 3 N–H and O–H groups in total. The van der Waals surface area contributed by atoms with Gasteiger partial charge in [0.15, 0.2) is 0 Å². The second-order valence-electron chi connectivity index (χ2n) is 5.38. The molecule has 1 aromatic carbocycles. The Kier molecular flexibility index (Phi) is 5.66. The summed E-state index contributed by atoms with van der Waals surface area (Å²) >= 11 is 11.8. The maximum absolute atomic E-state index is 12.3. The molecule has 3 nitrogen and oxygen atoms in total. The minimum Gasteiger partial charge on any atom is -0.508 e. The van der Waals surface area contributed by atoms with Crippen molar-refractivity contribution in [2.75, 3.05) is 19.6 Å². The minimum atomic E-state index is -2.31. The summed E-state index contributed by atoms with van der Waals surface area (Å²) in [4.78, 5) is 1.74. The Bertz CT molecular complexity index is 494. The van der Waals surface area contributed by atoms with Gasteiger partial charge in [0.2, 0.25) is 0 Å². The zero-order valence-corrected chi connectivity index (χ0v) is 12.9. The first-order valence-corrected chi connectivity index (χ1v) is 7.58. The number of rotatable bonds is 4. The number of benzene rings is 1. The number of alkyl halides is 2. The van der Waals surface area contributed by atoms with Gasteiger partial charge in [-0.1, -0.05) is 23.2 Å². The highest BCUT2D eigenvalue weighted by atomic mass is 35.5. The average Bonchev–Trinajstić information content (AvgIpc) is 2.42. The molecule has 1 aromatic rings. The third kappa shape index (κ3) is 4.19. The van der Waals surface area contributed by atoms with Crippen LogP contribution in [0.3, 0.4) is 0 Å². The summed E-state index contributed by atoms with van der Waals surface area (Å²) in [5, 5.41) is 10.6. The number of phenols is 1. The van der Waals surface area contributed by atoms with Crippen LogP contribution in [0, 0.1) is 5.92 Å². The van der Waals surface area contributed by atoms with E-state index in [0.29, 0.717) is 36.5 Å². The molecule has 1 heterocycles. The first-order chi connectivity index (χ1) is 9.88. The van der Waals surface area contributed by atoms with Crippen molar-refractivity contribution in [1.29, 1.82) is 0 Å². The van der Waals surface area contributed by atoms with Crippen molar-refractivity contribution in [3.05, 3.63) is 27.7 Å². The van der Waals surface area contributed by atoms with Gasteiger partial charge in [0.05, 0.1) is 16.6 Å². The first kappa shape index (κ1) is 16.7. The van der Waals surface area contributed by atoms with Crippen molar-refractivity contribution in [2.24, 2.45) is 11.7 Å². The van der Waals surface area contributed by atoms with Crippen molar-refractivity contribution in [2.45, 2.75) is 25.3 Å². The van der Waals surface area contributed by atoms with Crippen LogP contribution >= 0.6 is 23.2 Å². The van der Waals surface area contributed by atoms with Crippen LogP contribution in [0.2, 0.25) is 10.0 Å². The number of hydrogen-bond donors (Lipinski definition) is 2. The molecule has 1 atom stereocenters. The van der Waals surface area contributed by atoms with Crippen LogP contribution < -0.4 is 5.73 Å². The average molecular weight is 339 g/mol. The van der Waals surface area contributed by atoms with E-state index in [1.165, 1.54) is 6.07 Å². The molecule has 1 fully saturated rings. The predicted molar refractivity (Wildman–Crippen MR) is 80.2 cm³/mol. The summed E-state index contributed by atoms with van der Waals surface area (Å²) in [6.45, 7) is 0.982. The summed E-state index contributed by atoms with van der Waals surface area (Å²) in [5.41, 5.74) is 6.76. The fourth-order valence-corrected chi connectivity index (χ4v) is 3.09. The fraction of sp³-hybridized carbons (Fsp3) is 0.571. The van der Waals surface area contributed by atoms with E-state index in [-0.39, 0.29) is 29.3 Å². The molecule has 7 heteroatoms. The van der Waals surface area contributed by atoms with Crippen LogP contribution in [-0.2, 0) is 0 Å². The second kappa shape index (κ2) is 7.09. The lowest BCUT2D eigenvalue weighted by Gasteiger charge is -2.34. The Morgan fingerprint density at radius 2 is 1.81 bits per heavy atom. The van der Waals surface area contributed by atoms with Crippen molar-refractivity contribution >= 4 is 23.2 Å². The van der Waals surface area contributed by atoms with Crippen molar-refractivity contribution < 1.29 is 13.9 Å². The Balaban J connectivity index is 2.02. The predicted octanol–water partition coefficient (Wildman–Crippen LogP) is 3.68. The van der Waals surface area contributed by atoms with Crippen LogP contribution in [0.15, 0.2) is 12.1 Å². The van der Waals surface area contributed by atoms with E-state index in [9.17, 15) is 13.9 Å². The summed E-state index contributed by atoms with van der Waals surface area (Å²) in [6, 6.07) is 2.58. The largest absolute Gasteiger partial charge is 0.508 e. The Labute approximate surface area is 132 Å². The lowest BCUT2D eigenvalue weighted by atomic mass is 9.85. The van der Waals surface area contributed by atoms with Gasteiger partial charge >= 0.3 is 0 Å². The number of piperidine rings is 1. The molecule has 118 valence electrons. The Morgan fingerprint density at radius 3 is 2.38 bits per heavy atom. The molecule has 0 aromatic heterocycles. The molecule has 0 aliphatic carbocycles. The fourth-order valence-electron chi connectivity index (χ4n) is 2.76. The van der Waals surface area contributed by atoms with Gasteiger partial charge in [0.1, 0.15) is 5.75 Å². The number of hydrogen-bond acceptors (Lipinski definition) is 3. The summed E-state index contributed by atoms with van der Waals surface area (Å²) in [6.07, 6.45) is -0.879. The topological polar surface area (TPSA) is 49.5 Å². The van der Waals surface area contributed by atoms with Gasteiger partial charge in [-0.15, -0.1) is 0 Å². The maximum Gasteiger partial charge on any atom is 0.251 e. The van der Waals surface area contributed by atoms with Gasteiger partial charge in [-0.25, -0.2) is 8.78 Å². The van der Waals surface area contributed by atoms with Gasteiger partial charge in [0, 0.05) is 17.7 Å². The lowest BCUT2D eigenvalue weighted by molar-refractivity contribution is 0.0659. The number of nitrogens with two attached hydrogens (primary N) is 1. The highest BCUT2D eigenvalue weighted by Gasteiger charge is 2.28. The van der Waals surface area contributed by atoms with Crippen LogP contribution in [0.5, 0.6) is 5.75 Å². The Hall–Kier alpha value is -0.620. The van der Waals surface area contributed by atoms with E-state index in [1.54, 1.807) is 11.0 Å². The summed E-state index contributed by atoms with van der Waals surface area (Å²) in [5.74, 6) is 0.147. The number of aromatic hydroxyl groups is 1. The van der Waals surface area contributed by atoms with Gasteiger partial charge in [-0.3, -0.25) is 4.90 Å². The zero-order valence-electron chi connectivity index (χ0n) is 11.4. The molecule has 21 heavy (non-hydrogen) atoms. The van der Waals surface area contributed by atoms with E-state index < -0.39 is 6.43 Å². The molecule has 1 aliphatic heterocycles. The minimum absolute atomic E-state index is 0.0203. The third-order valence-electron chi connectivity index (χ3n) is 3.97. The number of nitrogens with zero attached hydrogens (tertiary/aromatic N) is 1. The van der Waals surface area contributed by atoms with Crippen molar-refractivity contribution in [3.63, 3.8) is 0 Å². The monoisotopic (exact) mass is 338 g/mol. The van der Waals surface area contributed by atoms with E-state index in [0.717, 1.165) is 0 Å². The molecule has 1 saturated heterocycles. The lowest BCUT2D eigenvalue weighted by Crippen LogP contribution is -2.39. The molecule has 0 spiro atoms. The van der Waals surface area contributed by atoms with Crippen LogP contribution in [-0.4, -0.2) is 36.1 Å². The van der Waals surface area contributed by atoms with Crippen molar-refractivity contribution in [1.82, 2.24) is 4.90 Å². The molecule has 0 saturated carbocycles.